The summed E-state index contributed by atoms with van der Waals surface area (Å²) in [5, 5.41) is 3.96. The third-order valence-corrected chi connectivity index (χ3v) is 5.21. The molecule has 100 valence electrons. The van der Waals surface area contributed by atoms with Crippen molar-refractivity contribution in [1.82, 2.24) is 9.97 Å². The summed E-state index contributed by atoms with van der Waals surface area (Å²) < 4.78 is 0.379. The van der Waals surface area contributed by atoms with Crippen molar-refractivity contribution >= 4 is 29.2 Å². The van der Waals surface area contributed by atoms with Gasteiger partial charge in [0.2, 0.25) is 0 Å². The van der Waals surface area contributed by atoms with Gasteiger partial charge in [0.1, 0.15) is 16.8 Å². The van der Waals surface area contributed by atoms with E-state index in [1.54, 1.807) is 0 Å². The molecule has 0 saturated heterocycles. The number of rotatable bonds is 5. The van der Waals surface area contributed by atoms with Gasteiger partial charge in [0.15, 0.2) is 0 Å². The first-order valence-corrected chi connectivity index (χ1v) is 8.10. The van der Waals surface area contributed by atoms with Crippen molar-refractivity contribution in [3.8, 4) is 0 Å². The third kappa shape index (κ3) is 3.29. The van der Waals surface area contributed by atoms with Crippen molar-refractivity contribution in [3.05, 3.63) is 17.0 Å². The number of thioether (sulfide) groups is 1. The largest absolute Gasteiger partial charge is 0.369 e. The minimum atomic E-state index is 0.379. The summed E-state index contributed by atoms with van der Waals surface area (Å²) >= 11 is 7.97. The van der Waals surface area contributed by atoms with Crippen LogP contribution >= 0.6 is 23.4 Å². The van der Waals surface area contributed by atoms with Crippen LogP contribution in [0.5, 0.6) is 0 Å². The fraction of sp³-hybridized carbons (Fsp3) is 0.692. The summed E-state index contributed by atoms with van der Waals surface area (Å²) in [7, 11) is 0. The fourth-order valence-corrected chi connectivity index (χ4v) is 3.55. The number of aryl methyl sites for hydroxylation is 1. The number of nitrogens with zero attached hydrogens (tertiary/aromatic N) is 2. The van der Waals surface area contributed by atoms with E-state index in [-0.39, 0.29) is 0 Å². The van der Waals surface area contributed by atoms with Crippen LogP contribution in [0.3, 0.4) is 0 Å². The van der Waals surface area contributed by atoms with Crippen LogP contribution in [0.4, 0.5) is 5.82 Å². The Morgan fingerprint density at radius 2 is 2.11 bits per heavy atom. The molecule has 1 heterocycles. The van der Waals surface area contributed by atoms with Gasteiger partial charge in [-0.15, -0.1) is 0 Å². The lowest BCUT2D eigenvalue weighted by Crippen LogP contribution is -2.30. The molecular weight excluding hydrogens is 266 g/mol. The maximum atomic E-state index is 6.00. The van der Waals surface area contributed by atoms with Crippen molar-refractivity contribution in [2.75, 3.05) is 18.1 Å². The van der Waals surface area contributed by atoms with Gasteiger partial charge in [-0.3, -0.25) is 0 Å². The van der Waals surface area contributed by atoms with Crippen LogP contribution in [0, 0.1) is 0 Å². The van der Waals surface area contributed by atoms with E-state index in [2.05, 4.69) is 21.5 Å². The van der Waals surface area contributed by atoms with E-state index in [4.69, 9.17) is 11.6 Å². The SMILES string of the molecule is CCc1nc(Cl)cc(NCC2(SC)CCCC2)n1. The van der Waals surface area contributed by atoms with Gasteiger partial charge in [0, 0.05) is 23.8 Å². The highest BCUT2D eigenvalue weighted by Crippen LogP contribution is 2.40. The normalized spacial score (nSPS) is 17.9. The first-order valence-electron chi connectivity index (χ1n) is 6.50. The highest BCUT2D eigenvalue weighted by molar-refractivity contribution is 8.00. The van der Waals surface area contributed by atoms with Crippen molar-refractivity contribution in [2.45, 2.75) is 43.8 Å². The zero-order chi connectivity index (χ0) is 13.0. The standard InChI is InChI=1S/C13H20ClN3S/c1-3-11-16-10(14)8-12(17-11)15-9-13(18-2)6-4-5-7-13/h8H,3-7,9H2,1-2H3,(H,15,16,17). The monoisotopic (exact) mass is 285 g/mol. The Labute approximate surface area is 118 Å². The lowest BCUT2D eigenvalue weighted by Gasteiger charge is -2.27. The van der Waals surface area contributed by atoms with Gasteiger partial charge in [0.25, 0.3) is 0 Å². The average Bonchev–Trinajstić information content (AvgIpc) is 2.85. The van der Waals surface area contributed by atoms with Gasteiger partial charge in [-0.25, -0.2) is 9.97 Å². The minimum absolute atomic E-state index is 0.379. The second-order valence-corrected chi connectivity index (χ2v) is 6.46. The van der Waals surface area contributed by atoms with Crippen LogP contribution in [0.1, 0.15) is 38.4 Å². The molecule has 0 unspecified atom stereocenters. The molecule has 0 bridgehead atoms. The van der Waals surface area contributed by atoms with E-state index < -0.39 is 0 Å². The molecule has 1 fully saturated rings. The van der Waals surface area contributed by atoms with Crippen LogP contribution in [-0.4, -0.2) is 27.5 Å². The minimum Gasteiger partial charge on any atom is -0.369 e. The van der Waals surface area contributed by atoms with Crippen LogP contribution in [0.25, 0.3) is 0 Å². The average molecular weight is 286 g/mol. The Kier molecular flexibility index (Phi) is 4.73. The molecule has 0 spiro atoms. The van der Waals surface area contributed by atoms with E-state index >= 15 is 0 Å². The number of aromatic nitrogens is 2. The Morgan fingerprint density at radius 1 is 1.39 bits per heavy atom. The van der Waals surface area contributed by atoms with E-state index in [0.717, 1.165) is 24.6 Å². The highest BCUT2D eigenvalue weighted by Gasteiger charge is 2.32. The molecule has 1 aliphatic carbocycles. The molecule has 18 heavy (non-hydrogen) atoms. The summed E-state index contributed by atoms with van der Waals surface area (Å²) in [5.74, 6) is 1.65. The second-order valence-electron chi connectivity index (χ2n) is 4.79. The molecular formula is C13H20ClN3S. The van der Waals surface area contributed by atoms with Crippen molar-refractivity contribution in [3.63, 3.8) is 0 Å². The number of hydrogen-bond acceptors (Lipinski definition) is 4. The third-order valence-electron chi connectivity index (χ3n) is 3.60. The number of hydrogen-bond donors (Lipinski definition) is 1. The van der Waals surface area contributed by atoms with Gasteiger partial charge >= 0.3 is 0 Å². The molecule has 1 aliphatic rings. The number of halogens is 1. The molecule has 0 aliphatic heterocycles. The molecule has 0 atom stereocenters. The van der Waals surface area contributed by atoms with Gasteiger partial charge in [-0.05, 0) is 19.1 Å². The first-order chi connectivity index (χ1) is 8.67. The van der Waals surface area contributed by atoms with Gasteiger partial charge in [0.05, 0.1) is 0 Å². The molecule has 2 rings (SSSR count). The zero-order valence-electron chi connectivity index (χ0n) is 11.0. The maximum Gasteiger partial charge on any atom is 0.134 e. The van der Waals surface area contributed by atoms with Crippen molar-refractivity contribution in [1.29, 1.82) is 0 Å². The van der Waals surface area contributed by atoms with Crippen LogP contribution in [0.15, 0.2) is 6.07 Å². The molecule has 3 nitrogen and oxygen atoms in total. The van der Waals surface area contributed by atoms with Crippen molar-refractivity contribution in [2.24, 2.45) is 0 Å². The predicted molar refractivity (Wildman–Crippen MR) is 79.6 cm³/mol. The molecule has 0 radical (unpaired) electrons. The van der Waals surface area contributed by atoms with Crippen LogP contribution in [-0.2, 0) is 6.42 Å². The summed E-state index contributed by atoms with van der Waals surface area (Å²) in [6.07, 6.45) is 8.28. The summed E-state index contributed by atoms with van der Waals surface area (Å²) in [6.45, 7) is 3.00. The first kappa shape index (κ1) is 13.9. The topological polar surface area (TPSA) is 37.8 Å². The van der Waals surface area contributed by atoms with Gasteiger partial charge in [-0.2, -0.15) is 11.8 Å². The van der Waals surface area contributed by atoms with E-state index in [0.29, 0.717) is 9.90 Å². The molecule has 1 N–H and O–H groups in total. The quantitative estimate of drug-likeness (QED) is 0.836. The molecule has 1 aromatic rings. The van der Waals surface area contributed by atoms with E-state index in [9.17, 15) is 0 Å². The fourth-order valence-electron chi connectivity index (χ4n) is 2.44. The lowest BCUT2D eigenvalue weighted by atomic mass is 10.1. The summed E-state index contributed by atoms with van der Waals surface area (Å²) in [6, 6.07) is 1.81. The number of nitrogens with one attached hydrogen (secondary N) is 1. The molecule has 5 heteroatoms. The summed E-state index contributed by atoms with van der Waals surface area (Å²) in [5.41, 5.74) is 0. The van der Waals surface area contributed by atoms with E-state index in [1.165, 1.54) is 25.7 Å². The highest BCUT2D eigenvalue weighted by atomic mass is 35.5. The Hall–Kier alpha value is -0.480. The number of anilines is 1. The van der Waals surface area contributed by atoms with Gasteiger partial charge < -0.3 is 5.32 Å². The molecule has 0 amide bonds. The zero-order valence-corrected chi connectivity index (χ0v) is 12.6. The van der Waals surface area contributed by atoms with Gasteiger partial charge in [-0.1, -0.05) is 31.4 Å². The van der Waals surface area contributed by atoms with Crippen LogP contribution in [0.2, 0.25) is 5.15 Å². The predicted octanol–water partition coefficient (Wildman–Crippen LogP) is 3.78. The second kappa shape index (κ2) is 6.11. The Balaban J connectivity index is 2.03. The van der Waals surface area contributed by atoms with Crippen molar-refractivity contribution < 1.29 is 0 Å². The van der Waals surface area contributed by atoms with E-state index in [1.807, 2.05) is 24.8 Å². The Bertz CT molecular complexity index is 405. The molecule has 1 saturated carbocycles. The lowest BCUT2D eigenvalue weighted by molar-refractivity contribution is 0.638. The summed E-state index contributed by atoms with van der Waals surface area (Å²) in [4.78, 5) is 8.64. The maximum absolute atomic E-state index is 6.00. The molecule has 1 aromatic heterocycles. The smallest absolute Gasteiger partial charge is 0.134 e. The Morgan fingerprint density at radius 3 is 2.72 bits per heavy atom. The van der Waals surface area contributed by atoms with Crippen LogP contribution < -0.4 is 5.32 Å². The molecule has 0 aromatic carbocycles.